The van der Waals surface area contributed by atoms with E-state index in [1.807, 2.05) is 4.90 Å². The Hall–Kier alpha value is -2.00. The van der Waals surface area contributed by atoms with E-state index in [1.165, 1.54) is 19.4 Å². The number of morpholine rings is 1. The minimum absolute atomic E-state index is 0.0512. The van der Waals surface area contributed by atoms with E-state index in [-0.39, 0.29) is 24.5 Å². The molecule has 0 unspecified atom stereocenters. The first-order valence-corrected chi connectivity index (χ1v) is 10.4. The SMILES string of the molecule is Cc1n[nH]nc1C(=O)NC[C@H]1CN(CC2CCN(CC3CC3)CC2)C(=O)CO1. The lowest BCUT2D eigenvalue weighted by atomic mass is 9.95. The van der Waals surface area contributed by atoms with Crippen molar-refractivity contribution in [1.82, 2.24) is 30.5 Å². The van der Waals surface area contributed by atoms with Crippen LogP contribution in [-0.4, -0.2) is 89.0 Å². The van der Waals surface area contributed by atoms with Crippen molar-refractivity contribution in [2.75, 3.05) is 45.9 Å². The van der Waals surface area contributed by atoms with Gasteiger partial charge in [0.15, 0.2) is 5.69 Å². The molecule has 1 aromatic heterocycles. The Labute approximate surface area is 165 Å². The summed E-state index contributed by atoms with van der Waals surface area (Å²) in [4.78, 5) is 29.0. The molecular weight excluding hydrogens is 360 g/mol. The van der Waals surface area contributed by atoms with Gasteiger partial charge in [0.25, 0.3) is 5.91 Å². The average Bonchev–Trinajstić information content (AvgIpc) is 3.41. The van der Waals surface area contributed by atoms with Gasteiger partial charge in [-0.05, 0) is 57.5 Å². The van der Waals surface area contributed by atoms with Gasteiger partial charge in [0, 0.05) is 26.2 Å². The molecule has 0 aromatic carbocycles. The molecule has 4 rings (SSSR count). The predicted octanol–water partition coefficient (Wildman–Crippen LogP) is 0.192. The molecule has 2 aliphatic heterocycles. The number of hydrogen-bond donors (Lipinski definition) is 2. The van der Waals surface area contributed by atoms with Crippen LogP contribution >= 0.6 is 0 Å². The number of carbonyl (C=O) groups is 2. The van der Waals surface area contributed by atoms with Crippen molar-refractivity contribution in [3.63, 3.8) is 0 Å². The molecule has 1 aromatic rings. The van der Waals surface area contributed by atoms with E-state index >= 15 is 0 Å². The summed E-state index contributed by atoms with van der Waals surface area (Å²) in [7, 11) is 0. The normalized spacial score (nSPS) is 24.5. The molecule has 9 nitrogen and oxygen atoms in total. The second-order valence-electron chi connectivity index (χ2n) is 8.39. The second kappa shape index (κ2) is 8.57. The molecule has 2 N–H and O–H groups in total. The summed E-state index contributed by atoms with van der Waals surface area (Å²) in [5.74, 6) is 1.27. The lowest BCUT2D eigenvalue weighted by Gasteiger charge is -2.38. The highest BCUT2D eigenvalue weighted by Gasteiger charge is 2.31. The molecule has 0 bridgehead atoms. The summed E-state index contributed by atoms with van der Waals surface area (Å²) in [6.45, 7) is 7.05. The van der Waals surface area contributed by atoms with E-state index in [0.717, 1.165) is 38.4 Å². The number of amides is 2. The van der Waals surface area contributed by atoms with Crippen LogP contribution in [0.1, 0.15) is 41.9 Å². The zero-order valence-electron chi connectivity index (χ0n) is 16.5. The van der Waals surface area contributed by atoms with Crippen molar-refractivity contribution in [3.8, 4) is 0 Å². The molecule has 3 heterocycles. The molecule has 2 saturated heterocycles. The van der Waals surface area contributed by atoms with Crippen LogP contribution in [0.5, 0.6) is 0 Å². The first kappa shape index (κ1) is 19.3. The Morgan fingerprint density at radius 3 is 2.61 bits per heavy atom. The molecule has 9 heteroatoms. The molecule has 154 valence electrons. The quantitative estimate of drug-likeness (QED) is 0.689. The van der Waals surface area contributed by atoms with Gasteiger partial charge in [-0.15, -0.1) is 0 Å². The summed E-state index contributed by atoms with van der Waals surface area (Å²) in [5, 5.41) is 13.0. The van der Waals surface area contributed by atoms with Crippen molar-refractivity contribution in [1.29, 1.82) is 0 Å². The van der Waals surface area contributed by atoms with Crippen molar-refractivity contribution >= 4 is 11.8 Å². The average molecular weight is 390 g/mol. The van der Waals surface area contributed by atoms with Gasteiger partial charge in [-0.1, -0.05) is 0 Å². The Morgan fingerprint density at radius 1 is 1.18 bits per heavy atom. The van der Waals surface area contributed by atoms with Crippen molar-refractivity contribution in [2.24, 2.45) is 11.8 Å². The van der Waals surface area contributed by atoms with Gasteiger partial charge in [0.1, 0.15) is 6.61 Å². The van der Waals surface area contributed by atoms with Crippen molar-refractivity contribution < 1.29 is 14.3 Å². The Kier molecular flexibility index (Phi) is 5.91. The summed E-state index contributed by atoms with van der Waals surface area (Å²) < 4.78 is 5.62. The monoisotopic (exact) mass is 390 g/mol. The number of hydrogen-bond acceptors (Lipinski definition) is 6. The first-order valence-electron chi connectivity index (χ1n) is 10.4. The third-order valence-corrected chi connectivity index (χ3v) is 6.05. The fourth-order valence-corrected chi connectivity index (χ4v) is 4.10. The van der Waals surface area contributed by atoms with Crippen LogP contribution < -0.4 is 5.32 Å². The van der Waals surface area contributed by atoms with E-state index < -0.39 is 0 Å². The fourth-order valence-electron chi connectivity index (χ4n) is 4.10. The van der Waals surface area contributed by atoms with Gasteiger partial charge in [-0.3, -0.25) is 9.59 Å². The van der Waals surface area contributed by atoms with Crippen LogP contribution in [0.15, 0.2) is 0 Å². The van der Waals surface area contributed by atoms with Gasteiger partial charge < -0.3 is 19.9 Å². The number of H-pyrrole nitrogens is 1. The Morgan fingerprint density at radius 2 is 1.93 bits per heavy atom. The van der Waals surface area contributed by atoms with Crippen LogP contribution in [0, 0.1) is 18.8 Å². The molecular formula is C19H30N6O3. The zero-order valence-corrected chi connectivity index (χ0v) is 16.5. The van der Waals surface area contributed by atoms with Gasteiger partial charge in [-0.2, -0.15) is 15.4 Å². The van der Waals surface area contributed by atoms with Crippen LogP contribution in [0.25, 0.3) is 0 Å². The highest BCUT2D eigenvalue weighted by atomic mass is 16.5. The highest BCUT2D eigenvalue weighted by Crippen LogP contribution is 2.31. The maximum atomic E-state index is 12.3. The first-order chi connectivity index (χ1) is 13.6. The number of nitrogens with one attached hydrogen (secondary N) is 2. The standard InChI is InChI=1S/C19H30N6O3/c1-13-18(22-23-21-13)19(27)20-8-16-11-25(17(26)12-28-16)10-15-4-6-24(7-5-15)9-14-2-3-14/h14-16H,2-12H2,1H3,(H,20,27)(H,21,22,23)/t16-/m0/s1. The summed E-state index contributed by atoms with van der Waals surface area (Å²) in [5.41, 5.74) is 0.855. The third kappa shape index (κ3) is 4.88. The van der Waals surface area contributed by atoms with E-state index in [0.29, 0.717) is 30.4 Å². The number of aryl methyl sites for hydroxylation is 1. The molecule has 1 aliphatic carbocycles. The maximum absolute atomic E-state index is 12.3. The lowest BCUT2D eigenvalue weighted by molar-refractivity contribution is -0.149. The van der Waals surface area contributed by atoms with Crippen LogP contribution in [0.3, 0.4) is 0 Å². The van der Waals surface area contributed by atoms with Crippen molar-refractivity contribution in [3.05, 3.63) is 11.4 Å². The number of aromatic amines is 1. The molecule has 1 saturated carbocycles. The summed E-state index contributed by atoms with van der Waals surface area (Å²) in [6.07, 6.45) is 4.92. The third-order valence-electron chi connectivity index (χ3n) is 6.05. The van der Waals surface area contributed by atoms with E-state index in [2.05, 4.69) is 25.6 Å². The molecule has 3 fully saturated rings. The Bertz CT molecular complexity index is 696. The van der Waals surface area contributed by atoms with Gasteiger partial charge in [0.2, 0.25) is 5.91 Å². The maximum Gasteiger partial charge on any atom is 0.273 e. The van der Waals surface area contributed by atoms with Crippen LogP contribution in [0.2, 0.25) is 0 Å². The highest BCUT2D eigenvalue weighted by molar-refractivity contribution is 5.93. The molecule has 0 radical (unpaired) electrons. The minimum atomic E-state index is -0.277. The van der Waals surface area contributed by atoms with E-state index in [4.69, 9.17) is 4.74 Å². The fraction of sp³-hybridized carbons (Fsp3) is 0.789. The second-order valence-corrected chi connectivity index (χ2v) is 8.39. The topological polar surface area (TPSA) is 103 Å². The summed E-state index contributed by atoms with van der Waals surface area (Å²) >= 11 is 0. The van der Waals surface area contributed by atoms with E-state index in [9.17, 15) is 9.59 Å². The number of nitrogens with zero attached hydrogens (tertiary/aromatic N) is 4. The largest absolute Gasteiger partial charge is 0.365 e. The Balaban J connectivity index is 1.21. The van der Waals surface area contributed by atoms with Gasteiger partial charge >= 0.3 is 0 Å². The number of carbonyl (C=O) groups excluding carboxylic acids is 2. The molecule has 3 aliphatic rings. The molecule has 0 spiro atoms. The van der Waals surface area contributed by atoms with Gasteiger partial charge in [-0.25, -0.2) is 0 Å². The predicted molar refractivity (Wildman–Crippen MR) is 102 cm³/mol. The zero-order chi connectivity index (χ0) is 19.5. The minimum Gasteiger partial charge on any atom is -0.365 e. The molecule has 1 atom stereocenters. The number of ether oxygens (including phenoxy) is 1. The van der Waals surface area contributed by atoms with Crippen LogP contribution in [-0.2, 0) is 9.53 Å². The molecule has 2 amide bonds. The summed E-state index contributed by atoms with van der Waals surface area (Å²) in [6, 6.07) is 0. The van der Waals surface area contributed by atoms with Gasteiger partial charge in [0.05, 0.1) is 11.8 Å². The molecule has 28 heavy (non-hydrogen) atoms. The number of rotatable bonds is 7. The lowest BCUT2D eigenvalue weighted by Crippen LogP contribution is -2.52. The smallest absolute Gasteiger partial charge is 0.273 e. The van der Waals surface area contributed by atoms with Crippen molar-refractivity contribution in [2.45, 2.75) is 38.7 Å². The number of aromatic nitrogens is 3. The van der Waals surface area contributed by atoms with Crippen LogP contribution in [0.4, 0.5) is 0 Å². The van der Waals surface area contributed by atoms with E-state index in [1.54, 1.807) is 6.92 Å². The number of piperidine rings is 1. The number of likely N-dealkylation sites (tertiary alicyclic amines) is 1.